The van der Waals surface area contributed by atoms with Crippen LogP contribution in [0.1, 0.15) is 54.2 Å². The van der Waals surface area contributed by atoms with E-state index in [0.717, 1.165) is 11.6 Å². The van der Waals surface area contributed by atoms with Gasteiger partial charge in [0.2, 0.25) is 5.91 Å². The third-order valence-corrected chi connectivity index (χ3v) is 5.34. The van der Waals surface area contributed by atoms with E-state index in [4.69, 9.17) is 0 Å². The zero-order chi connectivity index (χ0) is 23.0. The molecule has 1 unspecified atom stereocenters. The topological polar surface area (TPSA) is 69.6 Å². The Balaban J connectivity index is 1.72. The van der Waals surface area contributed by atoms with Crippen LogP contribution in [0.15, 0.2) is 42.5 Å². The predicted molar refractivity (Wildman–Crippen MR) is 110 cm³/mol. The summed E-state index contributed by atoms with van der Waals surface area (Å²) in [4.78, 5) is 26.4. The van der Waals surface area contributed by atoms with E-state index in [1.807, 2.05) is 20.8 Å². The monoisotopic (exact) mass is 434 g/mol. The molecule has 2 aromatic carbocycles. The van der Waals surface area contributed by atoms with Gasteiger partial charge in [-0.05, 0) is 34.7 Å². The van der Waals surface area contributed by atoms with E-state index in [-0.39, 0.29) is 47.7 Å². The third kappa shape index (κ3) is 5.18. The van der Waals surface area contributed by atoms with Crippen LogP contribution in [-0.2, 0) is 22.9 Å². The van der Waals surface area contributed by atoms with Gasteiger partial charge in [-0.1, -0.05) is 45.0 Å². The zero-order valence-corrected chi connectivity index (χ0v) is 17.6. The van der Waals surface area contributed by atoms with Crippen LogP contribution in [0.5, 0.6) is 5.75 Å². The average Bonchev–Trinajstić information content (AvgIpc) is 2.99. The lowest BCUT2D eigenvalue weighted by atomic mass is 9.86. The number of phenolic OH excluding ortho intramolecular Hbond substituents is 1. The van der Waals surface area contributed by atoms with Crippen molar-refractivity contribution in [2.45, 2.75) is 51.4 Å². The van der Waals surface area contributed by atoms with Gasteiger partial charge in [-0.15, -0.1) is 0 Å². The van der Waals surface area contributed by atoms with E-state index in [1.165, 1.54) is 29.2 Å². The molecule has 1 atom stereocenters. The number of hydrogen-bond acceptors (Lipinski definition) is 3. The molecule has 3 rings (SSSR count). The maximum absolute atomic E-state index is 13.2. The van der Waals surface area contributed by atoms with Gasteiger partial charge in [0.15, 0.2) is 0 Å². The number of likely N-dealkylation sites (tertiary alicyclic amines) is 1. The van der Waals surface area contributed by atoms with Crippen LogP contribution in [0.25, 0.3) is 0 Å². The van der Waals surface area contributed by atoms with Crippen molar-refractivity contribution in [2.24, 2.45) is 0 Å². The molecule has 0 bridgehead atoms. The highest BCUT2D eigenvalue weighted by Crippen LogP contribution is 2.33. The Hall–Kier alpha value is -3.03. The van der Waals surface area contributed by atoms with Crippen molar-refractivity contribution >= 4 is 11.8 Å². The lowest BCUT2D eigenvalue weighted by Gasteiger charge is -2.21. The molecule has 166 valence electrons. The molecule has 1 fully saturated rings. The van der Waals surface area contributed by atoms with E-state index >= 15 is 0 Å². The fourth-order valence-corrected chi connectivity index (χ4v) is 3.61. The van der Waals surface area contributed by atoms with E-state index in [2.05, 4.69) is 5.32 Å². The molecule has 8 heteroatoms. The van der Waals surface area contributed by atoms with Crippen molar-refractivity contribution in [3.63, 3.8) is 0 Å². The van der Waals surface area contributed by atoms with Crippen LogP contribution in [0.3, 0.4) is 0 Å². The Kier molecular flexibility index (Phi) is 6.02. The number of phenols is 1. The average molecular weight is 434 g/mol. The van der Waals surface area contributed by atoms with Gasteiger partial charge in [0.05, 0.1) is 17.2 Å². The number of benzene rings is 2. The summed E-state index contributed by atoms with van der Waals surface area (Å²) in [7, 11) is 0. The van der Waals surface area contributed by atoms with Crippen molar-refractivity contribution in [1.82, 2.24) is 10.2 Å². The van der Waals surface area contributed by atoms with Crippen molar-refractivity contribution < 1.29 is 27.9 Å². The quantitative estimate of drug-likeness (QED) is 0.756. The summed E-state index contributed by atoms with van der Waals surface area (Å²) in [6.07, 6.45) is -4.53. The van der Waals surface area contributed by atoms with Gasteiger partial charge in [-0.25, -0.2) is 0 Å². The third-order valence-electron chi connectivity index (χ3n) is 5.34. The molecule has 1 aliphatic heterocycles. The van der Waals surface area contributed by atoms with Crippen LogP contribution in [-0.4, -0.2) is 34.4 Å². The SMILES string of the molecule is CC(C)(C)c1ccc(O)c(C(=O)NC2CC(=O)N(Cc3ccccc3C(F)(F)F)C2)c1. The highest BCUT2D eigenvalue weighted by atomic mass is 19.4. The minimum absolute atomic E-state index is 0.00542. The molecule has 2 amide bonds. The molecular weight excluding hydrogens is 409 g/mol. The van der Waals surface area contributed by atoms with Gasteiger partial charge in [0, 0.05) is 19.5 Å². The van der Waals surface area contributed by atoms with Crippen LogP contribution in [0.2, 0.25) is 0 Å². The van der Waals surface area contributed by atoms with Gasteiger partial charge in [-0.2, -0.15) is 13.2 Å². The summed E-state index contributed by atoms with van der Waals surface area (Å²) in [6.45, 7) is 5.84. The second kappa shape index (κ2) is 8.24. The molecule has 5 nitrogen and oxygen atoms in total. The Bertz CT molecular complexity index is 996. The van der Waals surface area contributed by atoms with Crippen LogP contribution >= 0.6 is 0 Å². The maximum atomic E-state index is 13.2. The summed E-state index contributed by atoms with van der Waals surface area (Å²) < 4.78 is 39.7. The van der Waals surface area contributed by atoms with E-state index in [0.29, 0.717) is 0 Å². The first-order chi connectivity index (χ1) is 14.4. The van der Waals surface area contributed by atoms with Gasteiger partial charge >= 0.3 is 6.18 Å². The molecule has 0 aromatic heterocycles. The Morgan fingerprint density at radius 1 is 1.16 bits per heavy atom. The molecule has 31 heavy (non-hydrogen) atoms. The maximum Gasteiger partial charge on any atom is 0.416 e. The van der Waals surface area contributed by atoms with Gasteiger partial charge in [0.1, 0.15) is 5.75 Å². The fourth-order valence-electron chi connectivity index (χ4n) is 3.61. The fraction of sp³-hybridized carbons (Fsp3) is 0.391. The number of aromatic hydroxyl groups is 1. The summed E-state index contributed by atoms with van der Waals surface area (Å²) in [6, 6.07) is 9.38. The highest BCUT2D eigenvalue weighted by molar-refractivity contribution is 5.97. The van der Waals surface area contributed by atoms with E-state index < -0.39 is 23.7 Å². The predicted octanol–water partition coefficient (Wildman–Crippen LogP) is 4.24. The minimum Gasteiger partial charge on any atom is -0.507 e. The van der Waals surface area contributed by atoms with Crippen LogP contribution < -0.4 is 5.32 Å². The number of alkyl halides is 3. The first kappa shape index (κ1) is 22.7. The molecule has 1 heterocycles. The number of halogens is 3. The molecule has 2 N–H and O–H groups in total. The van der Waals surface area contributed by atoms with E-state index in [1.54, 1.807) is 12.1 Å². The molecule has 0 radical (unpaired) electrons. The largest absolute Gasteiger partial charge is 0.507 e. The Morgan fingerprint density at radius 3 is 2.48 bits per heavy atom. The lowest BCUT2D eigenvalue weighted by molar-refractivity contribution is -0.139. The Labute approximate surface area is 178 Å². The second-order valence-corrected chi connectivity index (χ2v) is 8.79. The molecule has 0 saturated carbocycles. The summed E-state index contributed by atoms with van der Waals surface area (Å²) in [5, 5.41) is 12.8. The van der Waals surface area contributed by atoms with Gasteiger partial charge in [-0.3, -0.25) is 9.59 Å². The number of rotatable bonds is 4. The number of carbonyl (C=O) groups excluding carboxylic acids is 2. The standard InChI is InChI=1S/C23H25F3N2O3/c1-22(2,3)15-8-9-19(29)17(10-15)21(31)27-16-11-20(30)28(13-16)12-14-6-4-5-7-18(14)23(24,25)26/h4-10,16,29H,11-13H2,1-3H3,(H,27,31). The number of hydrogen-bond donors (Lipinski definition) is 2. The molecular formula is C23H25F3N2O3. The minimum atomic E-state index is -4.51. The zero-order valence-electron chi connectivity index (χ0n) is 17.6. The molecule has 0 spiro atoms. The Morgan fingerprint density at radius 2 is 1.84 bits per heavy atom. The molecule has 0 aliphatic carbocycles. The number of amides is 2. The smallest absolute Gasteiger partial charge is 0.416 e. The second-order valence-electron chi connectivity index (χ2n) is 8.79. The number of nitrogens with zero attached hydrogens (tertiary/aromatic N) is 1. The van der Waals surface area contributed by atoms with Crippen molar-refractivity contribution in [3.05, 3.63) is 64.7 Å². The molecule has 1 saturated heterocycles. The summed E-state index contributed by atoms with van der Waals surface area (Å²) in [5.41, 5.74) is -0.0384. The van der Waals surface area contributed by atoms with Crippen molar-refractivity contribution in [1.29, 1.82) is 0 Å². The van der Waals surface area contributed by atoms with Gasteiger partial charge in [0.25, 0.3) is 5.91 Å². The van der Waals surface area contributed by atoms with Crippen molar-refractivity contribution in [2.75, 3.05) is 6.54 Å². The first-order valence-electron chi connectivity index (χ1n) is 9.93. The van der Waals surface area contributed by atoms with Crippen LogP contribution in [0.4, 0.5) is 13.2 Å². The van der Waals surface area contributed by atoms with E-state index in [9.17, 15) is 27.9 Å². The summed E-state index contributed by atoms with van der Waals surface area (Å²) in [5.74, 6) is -1.04. The van der Waals surface area contributed by atoms with Crippen molar-refractivity contribution in [3.8, 4) is 5.75 Å². The normalized spacial score (nSPS) is 17.2. The van der Waals surface area contributed by atoms with Gasteiger partial charge < -0.3 is 15.3 Å². The molecule has 2 aromatic rings. The number of nitrogens with one attached hydrogen (secondary N) is 1. The van der Waals surface area contributed by atoms with Crippen LogP contribution in [0, 0.1) is 0 Å². The number of carbonyl (C=O) groups is 2. The lowest BCUT2D eigenvalue weighted by Crippen LogP contribution is -2.37. The molecule has 1 aliphatic rings. The summed E-state index contributed by atoms with van der Waals surface area (Å²) >= 11 is 0. The highest BCUT2D eigenvalue weighted by Gasteiger charge is 2.36. The first-order valence-corrected chi connectivity index (χ1v) is 9.93.